The zero-order chi connectivity index (χ0) is 16.5. The van der Waals surface area contributed by atoms with Crippen LogP contribution in [0.15, 0.2) is 60.8 Å². The number of hydrogen-bond acceptors (Lipinski definition) is 2. The van der Waals surface area contributed by atoms with Crippen molar-refractivity contribution < 1.29 is 4.79 Å². The number of carbonyl (C=O) groups is 1. The Morgan fingerprint density at radius 1 is 1.17 bits per heavy atom. The summed E-state index contributed by atoms with van der Waals surface area (Å²) in [5.74, 6) is 0.871. The zero-order valence-corrected chi connectivity index (χ0v) is 13.6. The van der Waals surface area contributed by atoms with Gasteiger partial charge >= 0.3 is 0 Å². The molecule has 0 saturated carbocycles. The third kappa shape index (κ3) is 2.50. The summed E-state index contributed by atoms with van der Waals surface area (Å²) in [6.07, 6.45) is 3.30. The number of rotatable bonds is 3. The van der Waals surface area contributed by atoms with Crippen LogP contribution >= 0.6 is 0 Å². The second kappa shape index (κ2) is 5.96. The minimum atomic E-state index is 0.0322. The number of aromatic nitrogens is 2. The summed E-state index contributed by atoms with van der Waals surface area (Å²) >= 11 is 0. The SMILES string of the molecule is CCc1cccc(-n2ncc3c2NC(=O)CC3c2ccccc2)c1. The molecule has 4 rings (SSSR count). The first-order chi connectivity index (χ1) is 11.8. The third-order valence-electron chi connectivity index (χ3n) is 4.59. The lowest BCUT2D eigenvalue weighted by atomic mass is 9.87. The summed E-state index contributed by atoms with van der Waals surface area (Å²) in [4.78, 5) is 12.3. The van der Waals surface area contributed by atoms with E-state index in [-0.39, 0.29) is 11.8 Å². The third-order valence-corrected chi connectivity index (χ3v) is 4.59. The van der Waals surface area contributed by atoms with Gasteiger partial charge in [-0.25, -0.2) is 4.68 Å². The number of nitrogens with one attached hydrogen (secondary N) is 1. The highest BCUT2D eigenvalue weighted by atomic mass is 16.1. The standard InChI is InChI=1S/C20H19N3O/c1-2-14-7-6-10-16(11-14)23-20-18(13-21-23)17(12-19(24)22-20)15-8-4-3-5-9-15/h3-11,13,17H,2,12H2,1H3,(H,22,24). The summed E-state index contributed by atoms with van der Waals surface area (Å²) in [7, 11) is 0. The topological polar surface area (TPSA) is 46.9 Å². The molecule has 0 radical (unpaired) electrons. The molecule has 120 valence electrons. The maximum Gasteiger partial charge on any atom is 0.226 e. The first kappa shape index (κ1) is 14.7. The molecule has 1 unspecified atom stereocenters. The monoisotopic (exact) mass is 317 g/mol. The molecule has 0 saturated heterocycles. The summed E-state index contributed by atoms with van der Waals surface area (Å²) in [5.41, 5.74) is 4.45. The first-order valence-electron chi connectivity index (χ1n) is 8.28. The number of anilines is 1. The van der Waals surface area contributed by atoms with E-state index in [1.54, 1.807) is 0 Å². The molecular formula is C20H19N3O. The van der Waals surface area contributed by atoms with Crippen molar-refractivity contribution in [1.29, 1.82) is 0 Å². The van der Waals surface area contributed by atoms with Crippen molar-refractivity contribution in [2.24, 2.45) is 0 Å². The van der Waals surface area contributed by atoms with E-state index in [9.17, 15) is 4.79 Å². The van der Waals surface area contributed by atoms with Gasteiger partial charge in [0, 0.05) is 17.9 Å². The van der Waals surface area contributed by atoms with Crippen molar-refractivity contribution in [1.82, 2.24) is 9.78 Å². The number of carbonyl (C=O) groups excluding carboxylic acids is 1. The average molecular weight is 317 g/mol. The summed E-state index contributed by atoms with van der Waals surface area (Å²) in [6, 6.07) is 18.4. The number of fused-ring (bicyclic) bond motifs is 1. The van der Waals surface area contributed by atoms with Crippen molar-refractivity contribution in [3.63, 3.8) is 0 Å². The smallest absolute Gasteiger partial charge is 0.226 e. The molecule has 1 N–H and O–H groups in total. The maximum atomic E-state index is 12.3. The van der Waals surface area contributed by atoms with Crippen molar-refractivity contribution >= 4 is 11.7 Å². The highest BCUT2D eigenvalue weighted by Crippen LogP contribution is 2.37. The fourth-order valence-corrected chi connectivity index (χ4v) is 3.31. The van der Waals surface area contributed by atoms with Crippen LogP contribution < -0.4 is 5.32 Å². The largest absolute Gasteiger partial charge is 0.310 e. The zero-order valence-electron chi connectivity index (χ0n) is 13.6. The van der Waals surface area contributed by atoms with Crippen molar-refractivity contribution in [2.75, 3.05) is 5.32 Å². The van der Waals surface area contributed by atoms with E-state index in [0.717, 1.165) is 29.1 Å². The van der Waals surface area contributed by atoms with Crippen LogP contribution in [-0.2, 0) is 11.2 Å². The van der Waals surface area contributed by atoms with Crippen molar-refractivity contribution in [2.45, 2.75) is 25.7 Å². The van der Waals surface area contributed by atoms with Crippen LogP contribution in [-0.4, -0.2) is 15.7 Å². The molecule has 3 aromatic rings. The molecule has 1 amide bonds. The second-order valence-electron chi connectivity index (χ2n) is 6.10. The number of hydrogen-bond donors (Lipinski definition) is 1. The van der Waals surface area contributed by atoms with Gasteiger partial charge < -0.3 is 5.32 Å². The normalized spacial score (nSPS) is 16.5. The van der Waals surface area contributed by atoms with Crippen LogP contribution in [0, 0.1) is 0 Å². The highest BCUT2D eigenvalue weighted by Gasteiger charge is 2.30. The summed E-state index contributed by atoms with van der Waals surface area (Å²) < 4.78 is 1.83. The summed E-state index contributed by atoms with van der Waals surface area (Å²) in [6.45, 7) is 2.13. The minimum absolute atomic E-state index is 0.0322. The molecule has 0 aliphatic carbocycles. The number of aryl methyl sites for hydroxylation is 1. The van der Waals surface area contributed by atoms with E-state index in [1.807, 2.05) is 41.2 Å². The Bertz CT molecular complexity index is 883. The molecule has 2 aromatic carbocycles. The van der Waals surface area contributed by atoms with E-state index < -0.39 is 0 Å². The van der Waals surface area contributed by atoms with Gasteiger partial charge in [0.05, 0.1) is 11.9 Å². The molecule has 0 fully saturated rings. The highest BCUT2D eigenvalue weighted by molar-refractivity contribution is 5.94. The molecular weight excluding hydrogens is 298 g/mol. The fourth-order valence-electron chi connectivity index (χ4n) is 3.31. The van der Waals surface area contributed by atoms with Gasteiger partial charge in [0.2, 0.25) is 5.91 Å². The van der Waals surface area contributed by atoms with Crippen LogP contribution in [0.2, 0.25) is 0 Å². The van der Waals surface area contributed by atoms with Crippen molar-refractivity contribution in [3.05, 3.63) is 77.5 Å². The Labute approximate surface area is 141 Å². The molecule has 4 nitrogen and oxygen atoms in total. The molecule has 1 atom stereocenters. The quantitative estimate of drug-likeness (QED) is 0.796. The van der Waals surface area contributed by atoms with Gasteiger partial charge in [-0.3, -0.25) is 4.79 Å². The lowest BCUT2D eigenvalue weighted by Gasteiger charge is -2.23. The van der Waals surface area contributed by atoms with E-state index >= 15 is 0 Å². The van der Waals surface area contributed by atoms with Gasteiger partial charge in [0.1, 0.15) is 5.82 Å². The number of nitrogens with zero attached hydrogens (tertiary/aromatic N) is 2. The molecule has 0 bridgehead atoms. The van der Waals surface area contributed by atoms with Crippen LogP contribution in [0.25, 0.3) is 5.69 Å². The minimum Gasteiger partial charge on any atom is -0.310 e. The van der Waals surface area contributed by atoms with Gasteiger partial charge in [-0.05, 0) is 29.7 Å². The van der Waals surface area contributed by atoms with E-state index in [0.29, 0.717) is 6.42 Å². The number of benzene rings is 2. The fraction of sp³-hybridized carbons (Fsp3) is 0.200. The lowest BCUT2D eigenvalue weighted by molar-refractivity contribution is -0.116. The van der Waals surface area contributed by atoms with Crippen LogP contribution in [0.5, 0.6) is 0 Å². The molecule has 0 spiro atoms. The Balaban J connectivity index is 1.81. The van der Waals surface area contributed by atoms with Crippen LogP contribution in [0.1, 0.15) is 36.0 Å². The molecule has 1 aromatic heterocycles. The predicted octanol–water partition coefficient (Wildman–Crippen LogP) is 3.91. The Morgan fingerprint density at radius 3 is 2.79 bits per heavy atom. The Morgan fingerprint density at radius 2 is 2.00 bits per heavy atom. The van der Waals surface area contributed by atoms with Gasteiger partial charge in [0.25, 0.3) is 0 Å². The molecule has 1 aliphatic rings. The Kier molecular flexibility index (Phi) is 3.65. The van der Waals surface area contributed by atoms with E-state index in [1.165, 1.54) is 5.56 Å². The predicted molar refractivity (Wildman–Crippen MR) is 94.5 cm³/mol. The molecule has 24 heavy (non-hydrogen) atoms. The number of amides is 1. The van der Waals surface area contributed by atoms with Crippen LogP contribution in [0.4, 0.5) is 5.82 Å². The molecule has 4 heteroatoms. The van der Waals surface area contributed by atoms with Gasteiger partial charge in [-0.2, -0.15) is 5.10 Å². The lowest BCUT2D eigenvalue weighted by Crippen LogP contribution is -2.24. The van der Waals surface area contributed by atoms with Gasteiger partial charge in [-0.1, -0.05) is 49.4 Å². The first-order valence-corrected chi connectivity index (χ1v) is 8.28. The van der Waals surface area contributed by atoms with E-state index in [4.69, 9.17) is 0 Å². The van der Waals surface area contributed by atoms with E-state index in [2.05, 4.69) is 41.6 Å². The Hall–Kier alpha value is -2.88. The molecule has 2 heterocycles. The second-order valence-corrected chi connectivity index (χ2v) is 6.10. The van der Waals surface area contributed by atoms with Gasteiger partial charge in [-0.15, -0.1) is 0 Å². The average Bonchev–Trinajstić information content (AvgIpc) is 3.05. The summed E-state index contributed by atoms with van der Waals surface area (Å²) in [5, 5.41) is 7.56. The van der Waals surface area contributed by atoms with Crippen LogP contribution in [0.3, 0.4) is 0 Å². The maximum absolute atomic E-state index is 12.3. The van der Waals surface area contributed by atoms with Gasteiger partial charge in [0.15, 0.2) is 0 Å². The van der Waals surface area contributed by atoms with Crippen molar-refractivity contribution in [3.8, 4) is 5.69 Å². The molecule has 1 aliphatic heterocycles.